The number of morpholine rings is 1. The second-order valence-corrected chi connectivity index (χ2v) is 10.2. The van der Waals surface area contributed by atoms with Crippen LogP contribution < -0.4 is 15.5 Å². The molecule has 0 aromatic carbocycles. The molecule has 0 bridgehead atoms. The van der Waals surface area contributed by atoms with E-state index in [4.69, 9.17) is 20.4 Å². The number of nitrogen functional groups attached to an aromatic ring is 1. The SMILES string of the molecule is C[C@H](C(=O)N1CC[C@](C)(N2CCc3c(-c4cnc(N)nc4)nc(N4CCOCC4)nc32)C1)N(C)C. The van der Waals surface area contributed by atoms with Crippen molar-refractivity contribution in [2.75, 3.05) is 75.6 Å². The lowest BCUT2D eigenvalue weighted by molar-refractivity contribution is -0.134. The summed E-state index contributed by atoms with van der Waals surface area (Å²) in [5.41, 5.74) is 8.34. The first-order chi connectivity index (χ1) is 16.8. The second kappa shape index (κ2) is 9.19. The van der Waals surface area contributed by atoms with Gasteiger partial charge >= 0.3 is 0 Å². The van der Waals surface area contributed by atoms with Crippen molar-refractivity contribution in [2.45, 2.75) is 38.3 Å². The predicted molar refractivity (Wildman–Crippen MR) is 134 cm³/mol. The summed E-state index contributed by atoms with van der Waals surface area (Å²) < 4.78 is 5.55. The van der Waals surface area contributed by atoms with Crippen molar-refractivity contribution in [1.82, 2.24) is 29.7 Å². The number of fused-ring (bicyclic) bond motifs is 1. The van der Waals surface area contributed by atoms with E-state index in [1.54, 1.807) is 12.4 Å². The van der Waals surface area contributed by atoms with Gasteiger partial charge in [-0.1, -0.05) is 0 Å². The van der Waals surface area contributed by atoms with Crippen LogP contribution in [0.3, 0.4) is 0 Å². The van der Waals surface area contributed by atoms with Gasteiger partial charge in [0.25, 0.3) is 0 Å². The van der Waals surface area contributed by atoms with Crippen LogP contribution in [0.2, 0.25) is 0 Å². The topological polar surface area (TPSA) is 117 Å². The molecule has 0 spiro atoms. The van der Waals surface area contributed by atoms with Crippen LogP contribution in [0.4, 0.5) is 17.7 Å². The number of hydrogen-bond donors (Lipinski definition) is 1. The number of rotatable bonds is 5. The molecule has 2 aromatic rings. The second-order valence-electron chi connectivity index (χ2n) is 10.2. The lowest BCUT2D eigenvalue weighted by atomic mass is 9.99. The number of hydrogen-bond acceptors (Lipinski definition) is 10. The van der Waals surface area contributed by atoms with Crippen molar-refractivity contribution in [3.63, 3.8) is 0 Å². The summed E-state index contributed by atoms with van der Waals surface area (Å²) in [5.74, 6) is 2.06. The van der Waals surface area contributed by atoms with Crippen LogP contribution in [0, 0.1) is 0 Å². The predicted octanol–water partition coefficient (Wildman–Crippen LogP) is 0.656. The Hall–Kier alpha value is -3.05. The van der Waals surface area contributed by atoms with Gasteiger partial charge in [-0.25, -0.2) is 15.0 Å². The number of carbonyl (C=O) groups excluding carboxylic acids is 1. The molecule has 0 aliphatic carbocycles. The zero-order valence-corrected chi connectivity index (χ0v) is 21.1. The summed E-state index contributed by atoms with van der Waals surface area (Å²) in [6, 6.07) is -0.143. The quantitative estimate of drug-likeness (QED) is 0.652. The highest BCUT2D eigenvalue weighted by Gasteiger charge is 2.45. The molecule has 3 aliphatic heterocycles. The van der Waals surface area contributed by atoms with Crippen LogP contribution in [0.25, 0.3) is 11.3 Å². The summed E-state index contributed by atoms with van der Waals surface area (Å²) in [7, 11) is 3.89. The van der Waals surface area contributed by atoms with Crippen LogP contribution in [-0.4, -0.2) is 107 Å². The van der Waals surface area contributed by atoms with Crippen molar-refractivity contribution in [2.24, 2.45) is 0 Å². The van der Waals surface area contributed by atoms with Crippen LogP contribution >= 0.6 is 0 Å². The molecule has 2 N–H and O–H groups in total. The Balaban J connectivity index is 1.50. The van der Waals surface area contributed by atoms with Gasteiger partial charge in [0.05, 0.1) is 30.5 Å². The van der Waals surface area contributed by atoms with Crippen LogP contribution in [-0.2, 0) is 16.0 Å². The molecule has 11 nitrogen and oxygen atoms in total. The first-order valence-corrected chi connectivity index (χ1v) is 12.3. The van der Waals surface area contributed by atoms with Gasteiger partial charge in [0.1, 0.15) is 5.82 Å². The molecule has 5 heterocycles. The zero-order valence-electron chi connectivity index (χ0n) is 21.1. The lowest BCUT2D eigenvalue weighted by Gasteiger charge is -2.37. The van der Waals surface area contributed by atoms with E-state index in [0.717, 1.165) is 61.7 Å². The van der Waals surface area contributed by atoms with Gasteiger partial charge in [-0.15, -0.1) is 0 Å². The molecule has 3 aliphatic rings. The molecule has 0 saturated carbocycles. The van der Waals surface area contributed by atoms with Gasteiger partial charge < -0.3 is 25.2 Å². The summed E-state index contributed by atoms with van der Waals surface area (Å²) in [6.45, 7) is 9.29. The lowest BCUT2D eigenvalue weighted by Crippen LogP contribution is -2.50. The highest BCUT2D eigenvalue weighted by Crippen LogP contribution is 2.41. The Labute approximate surface area is 206 Å². The molecule has 2 fully saturated rings. The van der Waals surface area contributed by atoms with E-state index in [2.05, 4.69) is 26.7 Å². The van der Waals surface area contributed by atoms with Crippen molar-refractivity contribution < 1.29 is 9.53 Å². The van der Waals surface area contributed by atoms with E-state index in [9.17, 15) is 4.79 Å². The molecular formula is C24H35N9O2. The van der Waals surface area contributed by atoms with Gasteiger partial charge in [-0.2, -0.15) is 4.98 Å². The van der Waals surface area contributed by atoms with Crippen molar-refractivity contribution in [1.29, 1.82) is 0 Å². The molecule has 35 heavy (non-hydrogen) atoms. The molecule has 1 amide bonds. The Morgan fingerprint density at radius 3 is 2.54 bits per heavy atom. The number of ether oxygens (including phenoxy) is 1. The normalized spacial score (nSPS) is 23.2. The number of nitrogens with two attached hydrogens (primary N) is 1. The van der Waals surface area contributed by atoms with Gasteiger partial charge in [-0.3, -0.25) is 9.69 Å². The minimum atomic E-state index is -0.196. The average molecular weight is 482 g/mol. The highest BCUT2D eigenvalue weighted by atomic mass is 16.5. The molecule has 188 valence electrons. The van der Waals surface area contributed by atoms with Crippen molar-refractivity contribution >= 4 is 23.6 Å². The fraction of sp³-hybridized carbons (Fsp3) is 0.625. The van der Waals surface area contributed by atoms with E-state index in [1.807, 2.05) is 30.8 Å². The van der Waals surface area contributed by atoms with Crippen molar-refractivity contribution in [3.05, 3.63) is 18.0 Å². The number of likely N-dealkylation sites (tertiary alicyclic amines) is 1. The third-order valence-electron chi connectivity index (χ3n) is 7.60. The number of amides is 1. The number of likely N-dealkylation sites (N-methyl/N-ethyl adjacent to an activating group) is 1. The Kier molecular flexibility index (Phi) is 6.22. The first kappa shape index (κ1) is 23.7. The molecule has 2 atom stereocenters. The number of aromatic nitrogens is 4. The molecule has 2 saturated heterocycles. The monoisotopic (exact) mass is 481 g/mol. The Bertz CT molecular complexity index is 1090. The van der Waals surface area contributed by atoms with Gasteiger partial charge in [-0.05, 0) is 40.8 Å². The van der Waals surface area contributed by atoms with Crippen LogP contribution in [0.15, 0.2) is 12.4 Å². The third-order valence-corrected chi connectivity index (χ3v) is 7.60. The smallest absolute Gasteiger partial charge is 0.239 e. The summed E-state index contributed by atoms with van der Waals surface area (Å²) >= 11 is 0. The van der Waals surface area contributed by atoms with Crippen LogP contribution in [0.1, 0.15) is 25.8 Å². The van der Waals surface area contributed by atoms with Gasteiger partial charge in [0, 0.05) is 56.2 Å². The Morgan fingerprint density at radius 1 is 1.14 bits per heavy atom. The summed E-state index contributed by atoms with van der Waals surface area (Å²) in [5, 5.41) is 0. The van der Waals surface area contributed by atoms with Gasteiger partial charge in [0.15, 0.2) is 0 Å². The molecule has 5 rings (SSSR count). The van der Waals surface area contributed by atoms with E-state index < -0.39 is 0 Å². The van der Waals surface area contributed by atoms with Crippen molar-refractivity contribution in [3.8, 4) is 11.3 Å². The van der Waals surface area contributed by atoms with E-state index in [1.165, 1.54) is 0 Å². The molecule has 0 unspecified atom stereocenters. The number of carbonyl (C=O) groups is 1. The number of anilines is 3. The van der Waals surface area contributed by atoms with Gasteiger partial charge in [0.2, 0.25) is 17.8 Å². The minimum absolute atomic E-state index is 0.143. The number of nitrogens with zero attached hydrogens (tertiary/aromatic N) is 8. The third kappa shape index (κ3) is 4.38. The molecule has 2 aromatic heterocycles. The highest BCUT2D eigenvalue weighted by molar-refractivity contribution is 5.82. The molecule has 11 heteroatoms. The summed E-state index contributed by atoms with van der Waals surface area (Å²) in [6.07, 6.45) is 5.19. The van der Waals surface area contributed by atoms with E-state index >= 15 is 0 Å². The first-order valence-electron chi connectivity index (χ1n) is 12.3. The van der Waals surface area contributed by atoms with E-state index in [-0.39, 0.29) is 23.4 Å². The fourth-order valence-corrected chi connectivity index (χ4v) is 5.21. The maximum absolute atomic E-state index is 13.1. The molecule has 0 radical (unpaired) electrons. The largest absolute Gasteiger partial charge is 0.378 e. The Morgan fingerprint density at radius 2 is 1.86 bits per heavy atom. The zero-order chi connectivity index (χ0) is 24.7. The van der Waals surface area contributed by atoms with E-state index in [0.29, 0.717) is 25.7 Å². The summed E-state index contributed by atoms with van der Waals surface area (Å²) in [4.78, 5) is 40.1. The standard InChI is InChI=1S/C24H35N9O2/c1-16(30(3)4)21(34)32-8-6-24(2,15-32)33-7-5-18-19(17-13-26-22(25)27-14-17)28-23(29-20(18)33)31-9-11-35-12-10-31/h13-14,16H,5-12,15H2,1-4H3,(H2,25,26,27)/t16-,24+/m1/s1. The maximum atomic E-state index is 13.1. The molecular weight excluding hydrogens is 446 g/mol. The van der Waals surface area contributed by atoms with Crippen LogP contribution in [0.5, 0.6) is 0 Å². The fourth-order valence-electron chi connectivity index (χ4n) is 5.21. The maximum Gasteiger partial charge on any atom is 0.239 e. The average Bonchev–Trinajstić information content (AvgIpc) is 3.48. The minimum Gasteiger partial charge on any atom is -0.378 e.